The van der Waals surface area contributed by atoms with E-state index in [9.17, 15) is 13.2 Å². The number of alkyl halides is 3. The molecule has 0 saturated heterocycles. The lowest BCUT2D eigenvalue weighted by molar-refractivity contribution is 0.00819. The average molecular weight is 180 g/mol. The molecule has 2 nitrogen and oxygen atoms in total. The first-order valence-electron chi connectivity index (χ1n) is 3.49. The summed E-state index contributed by atoms with van der Waals surface area (Å²) in [6, 6.07) is 0. The predicted molar refractivity (Wildman–Crippen MR) is 39.8 cm³/mol. The fourth-order valence-corrected chi connectivity index (χ4v) is 0.647. The van der Waals surface area contributed by atoms with E-state index in [-0.39, 0.29) is 0 Å². The Labute approximate surface area is 68.8 Å². The van der Waals surface area contributed by atoms with Crippen LogP contribution in [0.25, 0.3) is 0 Å². The molecule has 1 rings (SSSR count). The molecule has 1 aromatic rings. The third-order valence-electron chi connectivity index (χ3n) is 1.09. The Morgan fingerprint density at radius 1 is 1.50 bits per heavy atom. The van der Waals surface area contributed by atoms with Gasteiger partial charge in [0.2, 0.25) is 0 Å². The Bertz CT molecular complexity index is 207. The van der Waals surface area contributed by atoms with Crippen LogP contribution < -0.4 is 0 Å². The minimum Gasteiger partial charge on any atom is -0.346 e. The van der Waals surface area contributed by atoms with Crippen molar-refractivity contribution in [1.82, 2.24) is 9.97 Å². The van der Waals surface area contributed by atoms with Crippen LogP contribution in [0.2, 0.25) is 0 Å². The van der Waals surface area contributed by atoms with Crippen molar-refractivity contribution in [3.8, 4) is 0 Å². The molecule has 0 atom stereocenters. The van der Waals surface area contributed by atoms with Gasteiger partial charge in [-0.05, 0) is 6.92 Å². The second-order valence-electron chi connectivity index (χ2n) is 2.11. The number of aromatic nitrogens is 2. The van der Waals surface area contributed by atoms with Gasteiger partial charge in [-0.2, -0.15) is 13.2 Å². The van der Waals surface area contributed by atoms with Gasteiger partial charge in [0.1, 0.15) is 5.82 Å². The maximum Gasteiger partial charge on any atom is 0.379 e. The summed E-state index contributed by atoms with van der Waals surface area (Å²) in [6.07, 6.45) is 2.84. The molecular weight excluding hydrogens is 169 g/mol. The number of hydrogen-bond donors (Lipinski definition) is 1. The van der Waals surface area contributed by atoms with Crippen molar-refractivity contribution in [3.63, 3.8) is 0 Å². The second kappa shape index (κ2) is 5.62. The van der Waals surface area contributed by atoms with Crippen molar-refractivity contribution >= 4 is 0 Å². The summed E-state index contributed by atoms with van der Waals surface area (Å²) in [5, 5.41) is 0. The molecule has 0 aliphatic carbocycles. The number of H-pyrrole nitrogens is 1. The van der Waals surface area contributed by atoms with Crippen LogP contribution in [0, 0.1) is 6.92 Å². The van der Waals surface area contributed by atoms with Crippen LogP contribution >= 0.6 is 0 Å². The monoisotopic (exact) mass is 180 g/mol. The van der Waals surface area contributed by atoms with E-state index in [0.717, 1.165) is 17.9 Å². The van der Waals surface area contributed by atoms with Crippen LogP contribution in [0.4, 0.5) is 13.2 Å². The van der Waals surface area contributed by atoms with Crippen LogP contribution in [0.3, 0.4) is 0 Å². The smallest absolute Gasteiger partial charge is 0.346 e. The molecule has 1 N–H and O–H groups in total. The molecule has 0 bridgehead atoms. The minimum absolute atomic E-state index is 0.994. The molecule has 70 valence electrons. The first kappa shape index (κ1) is 11.0. The zero-order chi connectivity index (χ0) is 9.56. The quantitative estimate of drug-likeness (QED) is 0.706. The fourth-order valence-electron chi connectivity index (χ4n) is 0.647. The van der Waals surface area contributed by atoms with Gasteiger partial charge in [-0.1, -0.05) is 6.92 Å². The number of hydrogen-bond acceptors (Lipinski definition) is 1. The Kier molecular flexibility index (Phi) is 5.16. The van der Waals surface area contributed by atoms with E-state index in [1.54, 1.807) is 0 Å². The summed E-state index contributed by atoms with van der Waals surface area (Å²) in [5.41, 5.74) is 1.14. The van der Waals surface area contributed by atoms with Crippen molar-refractivity contribution in [2.45, 2.75) is 26.9 Å². The molecular formula is C7H11F3N2. The van der Waals surface area contributed by atoms with Gasteiger partial charge in [0.15, 0.2) is 0 Å². The summed E-state index contributed by atoms with van der Waals surface area (Å²) in [6.45, 7) is 0.421. The fraction of sp³-hybridized carbons (Fsp3) is 0.571. The Morgan fingerprint density at radius 3 is 2.17 bits per heavy atom. The number of imidazole rings is 1. The molecule has 1 heterocycles. The summed E-state index contributed by atoms with van der Waals surface area (Å²) in [5.74, 6) is 1.07. The van der Waals surface area contributed by atoms with Crippen molar-refractivity contribution in [2.24, 2.45) is 0 Å². The Balaban J connectivity index is 0.000000261. The minimum atomic E-state index is -3.67. The third-order valence-corrected chi connectivity index (χ3v) is 1.09. The molecule has 0 aliphatic rings. The normalized spacial score (nSPS) is 9.50. The molecule has 0 saturated carbocycles. The van der Waals surface area contributed by atoms with Gasteiger partial charge in [0.25, 0.3) is 0 Å². The predicted octanol–water partition coefficient (Wildman–Crippen LogP) is 2.46. The highest BCUT2D eigenvalue weighted by atomic mass is 19.4. The lowest BCUT2D eigenvalue weighted by Crippen LogP contribution is -1.80. The standard InChI is InChI=1S/C6H10N2.CHF3/c1-3-6-7-4-5(2)8-6;2-1(3)4/h4H,3H2,1-2H3,(H,7,8);1H. The van der Waals surface area contributed by atoms with E-state index in [1.807, 2.05) is 13.1 Å². The first-order chi connectivity index (χ1) is 5.56. The van der Waals surface area contributed by atoms with Crippen molar-refractivity contribution in [1.29, 1.82) is 0 Å². The molecule has 12 heavy (non-hydrogen) atoms. The number of aromatic amines is 1. The third kappa shape index (κ3) is 5.76. The Hall–Kier alpha value is -1.00. The highest BCUT2D eigenvalue weighted by Gasteiger charge is 1.89. The van der Waals surface area contributed by atoms with Gasteiger partial charge in [-0.15, -0.1) is 0 Å². The zero-order valence-corrected chi connectivity index (χ0v) is 6.94. The van der Waals surface area contributed by atoms with E-state index in [1.165, 1.54) is 0 Å². The van der Waals surface area contributed by atoms with E-state index < -0.39 is 6.68 Å². The molecule has 0 aliphatic heterocycles. The van der Waals surface area contributed by atoms with Gasteiger partial charge in [-0.3, -0.25) is 0 Å². The van der Waals surface area contributed by atoms with Crippen molar-refractivity contribution in [2.75, 3.05) is 0 Å². The first-order valence-corrected chi connectivity index (χ1v) is 3.49. The molecule has 1 aromatic heterocycles. The molecule has 5 heteroatoms. The van der Waals surface area contributed by atoms with E-state index in [4.69, 9.17) is 0 Å². The summed E-state index contributed by atoms with van der Waals surface area (Å²) < 4.78 is 29.0. The van der Waals surface area contributed by atoms with Gasteiger partial charge < -0.3 is 4.98 Å². The average Bonchev–Trinajstić information content (AvgIpc) is 2.34. The van der Waals surface area contributed by atoms with Gasteiger partial charge in [0.05, 0.1) is 0 Å². The van der Waals surface area contributed by atoms with E-state index >= 15 is 0 Å². The van der Waals surface area contributed by atoms with Crippen LogP contribution in [0.1, 0.15) is 18.4 Å². The van der Waals surface area contributed by atoms with Crippen molar-refractivity contribution in [3.05, 3.63) is 17.7 Å². The van der Waals surface area contributed by atoms with E-state index in [2.05, 4.69) is 16.9 Å². The van der Waals surface area contributed by atoms with Crippen molar-refractivity contribution < 1.29 is 13.2 Å². The highest BCUT2D eigenvalue weighted by Crippen LogP contribution is 1.93. The molecule has 0 radical (unpaired) electrons. The summed E-state index contributed by atoms with van der Waals surface area (Å²) in [7, 11) is 0. The number of nitrogens with one attached hydrogen (secondary N) is 1. The van der Waals surface area contributed by atoms with Crippen LogP contribution in [-0.2, 0) is 6.42 Å². The van der Waals surface area contributed by atoms with Crippen LogP contribution in [0.15, 0.2) is 6.20 Å². The zero-order valence-electron chi connectivity index (χ0n) is 6.94. The molecule has 0 fully saturated rings. The Morgan fingerprint density at radius 2 is 2.00 bits per heavy atom. The van der Waals surface area contributed by atoms with Gasteiger partial charge in [-0.25, -0.2) is 4.98 Å². The lowest BCUT2D eigenvalue weighted by atomic mass is 10.5. The SMILES string of the molecule is CCc1ncc(C)[nH]1.FC(F)F. The van der Waals surface area contributed by atoms with E-state index in [0.29, 0.717) is 0 Å². The number of aryl methyl sites for hydroxylation is 2. The highest BCUT2D eigenvalue weighted by molar-refractivity contribution is 4.97. The summed E-state index contributed by atoms with van der Waals surface area (Å²) >= 11 is 0. The summed E-state index contributed by atoms with van der Waals surface area (Å²) in [4.78, 5) is 7.19. The maximum atomic E-state index is 9.67. The molecule has 0 aromatic carbocycles. The lowest BCUT2D eigenvalue weighted by Gasteiger charge is -1.82. The maximum absolute atomic E-state index is 9.67. The molecule has 0 unspecified atom stereocenters. The van der Waals surface area contributed by atoms with Crippen LogP contribution in [0.5, 0.6) is 0 Å². The number of rotatable bonds is 1. The number of nitrogens with zero attached hydrogens (tertiary/aromatic N) is 1. The van der Waals surface area contributed by atoms with Gasteiger partial charge in [0, 0.05) is 18.3 Å². The molecule has 0 amide bonds. The second-order valence-corrected chi connectivity index (χ2v) is 2.11. The largest absolute Gasteiger partial charge is 0.379 e. The molecule has 0 spiro atoms. The topological polar surface area (TPSA) is 28.7 Å². The van der Waals surface area contributed by atoms with Crippen LogP contribution in [-0.4, -0.2) is 16.6 Å². The van der Waals surface area contributed by atoms with Gasteiger partial charge >= 0.3 is 6.68 Å². The number of halogens is 3.